The van der Waals surface area contributed by atoms with Crippen molar-refractivity contribution in [1.82, 2.24) is 5.32 Å². The Morgan fingerprint density at radius 3 is 2.64 bits per heavy atom. The van der Waals surface area contributed by atoms with Gasteiger partial charge in [-0.1, -0.05) is 36.4 Å². The molecule has 6 nitrogen and oxygen atoms in total. The first kappa shape index (κ1) is 16.8. The summed E-state index contributed by atoms with van der Waals surface area (Å²) in [7, 11) is 0. The number of carboxylic acid groups (broad SMARTS) is 1. The molecular formula is C18H14N2O4S. The van der Waals surface area contributed by atoms with E-state index < -0.39 is 12.6 Å². The van der Waals surface area contributed by atoms with Crippen molar-refractivity contribution in [3.8, 4) is 5.75 Å². The second kappa shape index (κ2) is 7.67. The summed E-state index contributed by atoms with van der Waals surface area (Å²) in [6.07, 6.45) is 1.66. The van der Waals surface area contributed by atoms with Crippen molar-refractivity contribution in [3.63, 3.8) is 0 Å². The zero-order chi connectivity index (χ0) is 17.6. The van der Waals surface area contributed by atoms with Crippen molar-refractivity contribution in [2.45, 2.75) is 0 Å². The fraction of sp³-hybridized carbons (Fsp3) is 0.0556. The topological polar surface area (TPSA) is 88.0 Å². The fourth-order valence-corrected chi connectivity index (χ4v) is 2.94. The van der Waals surface area contributed by atoms with E-state index in [0.29, 0.717) is 21.4 Å². The highest BCUT2D eigenvalue weighted by molar-refractivity contribution is 8.18. The number of hydrogen-bond donors (Lipinski definition) is 2. The van der Waals surface area contributed by atoms with Crippen LogP contribution in [0.5, 0.6) is 5.75 Å². The molecule has 0 spiro atoms. The zero-order valence-corrected chi connectivity index (χ0v) is 13.8. The number of amidine groups is 1. The summed E-state index contributed by atoms with van der Waals surface area (Å²) in [4.78, 5) is 27.7. The third-order valence-corrected chi connectivity index (χ3v) is 4.10. The minimum Gasteiger partial charge on any atom is -0.481 e. The summed E-state index contributed by atoms with van der Waals surface area (Å²) < 4.78 is 5.25. The number of nitrogens with zero attached hydrogens (tertiary/aromatic N) is 1. The van der Waals surface area contributed by atoms with Crippen LogP contribution in [0.15, 0.2) is 64.5 Å². The van der Waals surface area contributed by atoms with Crippen LogP contribution in [0.4, 0.5) is 5.69 Å². The van der Waals surface area contributed by atoms with E-state index in [9.17, 15) is 9.59 Å². The third kappa shape index (κ3) is 4.48. The highest BCUT2D eigenvalue weighted by Gasteiger charge is 2.24. The summed E-state index contributed by atoms with van der Waals surface area (Å²) in [5, 5.41) is 11.9. The van der Waals surface area contributed by atoms with E-state index in [1.165, 1.54) is 11.8 Å². The molecule has 1 fully saturated rings. The molecule has 0 radical (unpaired) electrons. The van der Waals surface area contributed by atoms with E-state index in [2.05, 4.69) is 10.3 Å². The fourth-order valence-electron chi connectivity index (χ4n) is 2.11. The molecule has 1 aliphatic heterocycles. The van der Waals surface area contributed by atoms with Crippen molar-refractivity contribution in [3.05, 3.63) is 65.1 Å². The van der Waals surface area contributed by atoms with Crippen LogP contribution in [0.25, 0.3) is 6.08 Å². The molecule has 1 saturated heterocycles. The van der Waals surface area contributed by atoms with Crippen LogP contribution in [0.2, 0.25) is 0 Å². The average molecular weight is 354 g/mol. The summed E-state index contributed by atoms with van der Waals surface area (Å²) in [5.74, 6) is -0.917. The van der Waals surface area contributed by atoms with E-state index in [1.54, 1.807) is 30.3 Å². The number of thioether (sulfide) groups is 1. The van der Waals surface area contributed by atoms with Gasteiger partial charge in [-0.25, -0.2) is 9.79 Å². The Morgan fingerprint density at radius 1 is 1.16 bits per heavy atom. The molecular weight excluding hydrogens is 340 g/mol. The van der Waals surface area contributed by atoms with Crippen molar-refractivity contribution in [1.29, 1.82) is 0 Å². The summed E-state index contributed by atoms with van der Waals surface area (Å²) in [5.41, 5.74) is 1.37. The van der Waals surface area contributed by atoms with Crippen LogP contribution in [0, 0.1) is 0 Å². The molecule has 2 N–H and O–H groups in total. The molecule has 1 amide bonds. The molecule has 126 valence electrons. The first-order valence-corrected chi connectivity index (χ1v) is 8.22. The number of carbonyl (C=O) groups is 2. The van der Waals surface area contributed by atoms with Gasteiger partial charge in [-0.05, 0) is 36.0 Å². The van der Waals surface area contributed by atoms with E-state index in [-0.39, 0.29) is 5.91 Å². The maximum atomic E-state index is 12.1. The maximum absolute atomic E-state index is 12.1. The van der Waals surface area contributed by atoms with E-state index in [1.807, 2.05) is 30.3 Å². The highest BCUT2D eigenvalue weighted by atomic mass is 32.2. The van der Waals surface area contributed by atoms with Crippen molar-refractivity contribution < 1.29 is 19.4 Å². The van der Waals surface area contributed by atoms with E-state index >= 15 is 0 Å². The SMILES string of the molecule is O=C(O)COc1ccccc1C=C1SC(=Nc2ccccc2)NC1=O. The van der Waals surface area contributed by atoms with Gasteiger partial charge in [0.15, 0.2) is 11.8 Å². The molecule has 7 heteroatoms. The molecule has 3 rings (SSSR count). The number of para-hydroxylation sites is 2. The molecule has 1 aliphatic rings. The van der Waals surface area contributed by atoms with Gasteiger partial charge >= 0.3 is 5.97 Å². The summed E-state index contributed by atoms with van der Waals surface area (Å²) >= 11 is 1.22. The molecule has 0 atom stereocenters. The average Bonchev–Trinajstić information content (AvgIpc) is 2.94. The number of hydrogen-bond acceptors (Lipinski definition) is 5. The predicted octanol–water partition coefficient (Wildman–Crippen LogP) is 3.04. The van der Waals surface area contributed by atoms with Gasteiger partial charge in [0.1, 0.15) is 5.75 Å². The lowest BCUT2D eigenvalue weighted by atomic mass is 10.2. The van der Waals surface area contributed by atoms with Crippen molar-refractivity contribution in [2.75, 3.05) is 6.61 Å². The number of ether oxygens (including phenoxy) is 1. The molecule has 0 aliphatic carbocycles. The lowest BCUT2D eigenvalue weighted by Gasteiger charge is -2.06. The number of aliphatic imine (C=N–C) groups is 1. The molecule has 0 aromatic heterocycles. The van der Waals surface area contributed by atoms with Crippen LogP contribution in [-0.4, -0.2) is 28.8 Å². The van der Waals surface area contributed by atoms with Gasteiger partial charge in [-0.3, -0.25) is 4.79 Å². The number of nitrogens with one attached hydrogen (secondary N) is 1. The van der Waals surface area contributed by atoms with Gasteiger partial charge in [-0.2, -0.15) is 0 Å². The summed E-state index contributed by atoms with van der Waals surface area (Å²) in [6, 6.07) is 16.3. The Bertz CT molecular complexity index is 862. The molecule has 2 aromatic carbocycles. The number of rotatable bonds is 5. The quantitative estimate of drug-likeness (QED) is 0.806. The number of aliphatic carboxylic acids is 1. The van der Waals surface area contributed by atoms with Crippen molar-refractivity contribution >= 4 is 40.6 Å². The largest absolute Gasteiger partial charge is 0.481 e. The van der Waals surface area contributed by atoms with Gasteiger partial charge in [0.05, 0.1) is 10.6 Å². The summed E-state index contributed by atoms with van der Waals surface area (Å²) in [6.45, 7) is -0.444. The monoisotopic (exact) mass is 354 g/mol. The number of carbonyl (C=O) groups excluding carboxylic acids is 1. The van der Waals surface area contributed by atoms with Crippen LogP contribution in [0.1, 0.15) is 5.56 Å². The third-order valence-electron chi connectivity index (χ3n) is 3.19. The van der Waals surface area contributed by atoms with Gasteiger partial charge in [0.2, 0.25) is 0 Å². The van der Waals surface area contributed by atoms with Crippen LogP contribution in [0.3, 0.4) is 0 Å². The normalized spacial score (nSPS) is 16.9. The van der Waals surface area contributed by atoms with Crippen molar-refractivity contribution in [2.24, 2.45) is 4.99 Å². The first-order valence-electron chi connectivity index (χ1n) is 7.40. The Balaban J connectivity index is 1.81. The zero-order valence-electron chi connectivity index (χ0n) is 13.0. The minimum absolute atomic E-state index is 0.257. The highest BCUT2D eigenvalue weighted by Crippen LogP contribution is 2.30. The number of carboxylic acids is 1. The molecule has 0 unspecified atom stereocenters. The second-order valence-electron chi connectivity index (χ2n) is 5.04. The van der Waals surface area contributed by atoms with E-state index in [0.717, 1.165) is 5.69 Å². The Morgan fingerprint density at radius 2 is 1.88 bits per heavy atom. The van der Waals surface area contributed by atoms with Gasteiger partial charge < -0.3 is 15.2 Å². The van der Waals surface area contributed by atoms with Gasteiger partial charge in [-0.15, -0.1) is 0 Å². The molecule has 0 bridgehead atoms. The lowest BCUT2D eigenvalue weighted by Crippen LogP contribution is -2.19. The Labute approximate surface area is 148 Å². The van der Waals surface area contributed by atoms with Gasteiger partial charge in [0, 0.05) is 5.56 Å². The maximum Gasteiger partial charge on any atom is 0.341 e. The van der Waals surface area contributed by atoms with E-state index in [4.69, 9.17) is 9.84 Å². The number of benzene rings is 2. The first-order chi connectivity index (χ1) is 12.1. The standard InChI is InChI=1S/C18H14N2O4S/c21-16(22)11-24-14-9-5-4-6-12(14)10-15-17(23)20-18(25-15)19-13-7-2-1-3-8-13/h1-10H,11H2,(H,21,22)(H,19,20,23). The van der Waals surface area contributed by atoms with Crippen LogP contribution >= 0.6 is 11.8 Å². The lowest BCUT2D eigenvalue weighted by molar-refractivity contribution is -0.139. The predicted molar refractivity (Wildman–Crippen MR) is 96.8 cm³/mol. The van der Waals surface area contributed by atoms with Crippen LogP contribution in [-0.2, 0) is 9.59 Å². The second-order valence-corrected chi connectivity index (χ2v) is 6.07. The smallest absolute Gasteiger partial charge is 0.341 e. The minimum atomic E-state index is -1.06. The molecule has 25 heavy (non-hydrogen) atoms. The van der Waals surface area contributed by atoms with Gasteiger partial charge in [0.25, 0.3) is 5.91 Å². The number of amides is 1. The molecule has 0 saturated carbocycles. The molecule has 1 heterocycles. The van der Waals surface area contributed by atoms with Crippen LogP contribution < -0.4 is 10.1 Å². The molecule has 2 aromatic rings. The Hall–Kier alpha value is -3.06. The Kier molecular flexibility index (Phi) is 5.15.